The second kappa shape index (κ2) is 11.8. The van der Waals surface area contributed by atoms with Crippen molar-refractivity contribution in [3.63, 3.8) is 0 Å². The topological polar surface area (TPSA) is 70.6 Å². The van der Waals surface area contributed by atoms with Crippen molar-refractivity contribution in [2.75, 3.05) is 13.7 Å². The molecule has 0 aliphatic heterocycles. The van der Waals surface area contributed by atoms with E-state index in [9.17, 15) is 4.79 Å². The summed E-state index contributed by atoms with van der Waals surface area (Å²) in [6.45, 7) is 10.5. The minimum absolute atomic E-state index is 0.215. The van der Waals surface area contributed by atoms with Crippen LogP contribution >= 0.6 is 0 Å². The average molecular weight is 559 g/mol. The van der Waals surface area contributed by atoms with Gasteiger partial charge in [-0.1, -0.05) is 31.9 Å². The van der Waals surface area contributed by atoms with E-state index in [-0.39, 0.29) is 18.1 Å². The zero-order valence-corrected chi connectivity index (χ0v) is 24.8. The molecule has 5 aromatic rings. The van der Waals surface area contributed by atoms with Crippen LogP contribution in [-0.4, -0.2) is 34.2 Å². The van der Waals surface area contributed by atoms with Crippen LogP contribution in [0.15, 0.2) is 76.6 Å². The van der Waals surface area contributed by atoms with Gasteiger partial charge in [0.15, 0.2) is 5.82 Å². The molecule has 0 amide bonds. The average Bonchev–Trinajstić information content (AvgIpc) is 3.27. The molecular weight excluding hydrogens is 524 g/mol. The quantitative estimate of drug-likeness (QED) is 0.155. The standard InChI is InChI=1S/C35H34N4O3/c1-8-17-42-28-15-13-27(14-16-28)38-24(5)19-26(25(38)6)21-36-39-34(37-32-12-10-9-11-29(32)35(39)40)31-20-30(22(2)3)33(41-7)18-23(31)4/h1,9-16,18-22H,17H2,2-7H3. The number of para-hydroxylation sites is 1. The van der Waals surface area contributed by atoms with Gasteiger partial charge in [0.05, 0.1) is 24.2 Å². The van der Waals surface area contributed by atoms with Crippen molar-refractivity contribution in [3.05, 3.63) is 105 Å². The summed E-state index contributed by atoms with van der Waals surface area (Å²) in [6, 6.07) is 21.2. The molecule has 0 saturated heterocycles. The van der Waals surface area contributed by atoms with Gasteiger partial charge in [0, 0.05) is 28.2 Å². The lowest BCUT2D eigenvalue weighted by Crippen LogP contribution is -2.21. The summed E-state index contributed by atoms with van der Waals surface area (Å²) < 4.78 is 14.7. The van der Waals surface area contributed by atoms with E-state index in [4.69, 9.17) is 26.0 Å². The van der Waals surface area contributed by atoms with Crippen LogP contribution in [-0.2, 0) is 0 Å². The molecule has 2 aromatic heterocycles. The zero-order chi connectivity index (χ0) is 30.0. The number of nitrogens with zero attached hydrogens (tertiary/aromatic N) is 4. The molecule has 42 heavy (non-hydrogen) atoms. The van der Waals surface area contributed by atoms with Gasteiger partial charge in [-0.3, -0.25) is 4.79 Å². The second-order valence-electron chi connectivity index (χ2n) is 10.5. The molecule has 0 aliphatic rings. The first-order valence-corrected chi connectivity index (χ1v) is 13.8. The Kier molecular flexibility index (Phi) is 7.99. The van der Waals surface area contributed by atoms with Crippen molar-refractivity contribution in [1.29, 1.82) is 0 Å². The number of aryl methyl sites for hydroxylation is 2. The highest BCUT2D eigenvalue weighted by Gasteiger charge is 2.19. The first-order chi connectivity index (χ1) is 20.2. The number of aromatic nitrogens is 3. The van der Waals surface area contributed by atoms with Crippen molar-refractivity contribution in [3.8, 4) is 40.9 Å². The molecule has 5 rings (SSSR count). The van der Waals surface area contributed by atoms with Gasteiger partial charge in [-0.25, -0.2) is 4.98 Å². The molecule has 0 spiro atoms. The number of ether oxygens (including phenoxy) is 2. The van der Waals surface area contributed by atoms with E-state index in [1.165, 1.54) is 4.68 Å². The maximum absolute atomic E-state index is 13.8. The molecule has 0 aliphatic carbocycles. The van der Waals surface area contributed by atoms with Crippen molar-refractivity contribution in [2.24, 2.45) is 5.10 Å². The molecule has 0 saturated carbocycles. The van der Waals surface area contributed by atoms with E-state index in [0.717, 1.165) is 45.1 Å². The lowest BCUT2D eigenvalue weighted by molar-refractivity contribution is 0.370. The van der Waals surface area contributed by atoms with Crippen LogP contribution in [0, 0.1) is 33.1 Å². The lowest BCUT2D eigenvalue weighted by atomic mass is 9.96. The van der Waals surface area contributed by atoms with Gasteiger partial charge in [0.2, 0.25) is 0 Å². The van der Waals surface area contributed by atoms with Crippen LogP contribution in [0.1, 0.15) is 47.8 Å². The Morgan fingerprint density at radius 1 is 1.05 bits per heavy atom. The number of methoxy groups -OCH3 is 1. The highest BCUT2D eigenvalue weighted by molar-refractivity contribution is 5.84. The molecular formula is C35H34N4O3. The molecule has 0 fully saturated rings. The first kappa shape index (κ1) is 28.4. The van der Waals surface area contributed by atoms with Gasteiger partial charge < -0.3 is 14.0 Å². The Morgan fingerprint density at radius 3 is 2.48 bits per heavy atom. The van der Waals surface area contributed by atoms with Crippen LogP contribution in [0.4, 0.5) is 0 Å². The van der Waals surface area contributed by atoms with E-state index >= 15 is 0 Å². The van der Waals surface area contributed by atoms with E-state index in [2.05, 4.69) is 36.5 Å². The summed E-state index contributed by atoms with van der Waals surface area (Å²) in [6.07, 6.45) is 7.03. The highest BCUT2D eigenvalue weighted by atomic mass is 16.5. The van der Waals surface area contributed by atoms with E-state index in [1.54, 1.807) is 19.4 Å². The van der Waals surface area contributed by atoms with Crippen LogP contribution in [0.5, 0.6) is 11.5 Å². The second-order valence-corrected chi connectivity index (χ2v) is 10.5. The minimum atomic E-state index is -0.232. The van der Waals surface area contributed by atoms with Gasteiger partial charge >= 0.3 is 0 Å². The Bertz CT molecular complexity index is 1900. The largest absolute Gasteiger partial charge is 0.496 e. The Morgan fingerprint density at radius 2 is 1.79 bits per heavy atom. The number of rotatable bonds is 8. The third kappa shape index (κ3) is 5.31. The molecule has 2 heterocycles. The summed E-state index contributed by atoms with van der Waals surface area (Å²) in [4.78, 5) is 18.8. The van der Waals surface area contributed by atoms with E-state index in [1.807, 2.05) is 69.3 Å². The SMILES string of the molecule is C#CCOc1ccc(-n2c(C)cc(C=Nn3c(-c4cc(C(C)C)c(OC)cc4C)nc4ccccc4c3=O)c2C)cc1. The monoisotopic (exact) mass is 558 g/mol. The molecule has 0 bridgehead atoms. The van der Waals surface area contributed by atoms with Gasteiger partial charge in [0.1, 0.15) is 18.1 Å². The predicted octanol–water partition coefficient (Wildman–Crippen LogP) is 6.81. The maximum Gasteiger partial charge on any atom is 0.282 e. The van der Waals surface area contributed by atoms with E-state index < -0.39 is 0 Å². The van der Waals surface area contributed by atoms with Crippen molar-refractivity contribution >= 4 is 17.1 Å². The number of hydrogen-bond donors (Lipinski definition) is 0. The molecule has 0 unspecified atom stereocenters. The van der Waals surface area contributed by atoms with Crippen molar-refractivity contribution in [2.45, 2.75) is 40.5 Å². The third-order valence-corrected chi connectivity index (χ3v) is 7.39. The number of terminal acetylenes is 1. The first-order valence-electron chi connectivity index (χ1n) is 13.8. The molecule has 0 N–H and O–H groups in total. The smallest absolute Gasteiger partial charge is 0.282 e. The van der Waals surface area contributed by atoms with E-state index in [0.29, 0.717) is 22.5 Å². The highest BCUT2D eigenvalue weighted by Crippen LogP contribution is 2.34. The summed E-state index contributed by atoms with van der Waals surface area (Å²) in [7, 11) is 1.67. The molecule has 3 aromatic carbocycles. The summed E-state index contributed by atoms with van der Waals surface area (Å²) >= 11 is 0. The summed E-state index contributed by atoms with van der Waals surface area (Å²) in [5.41, 5.74) is 7.09. The molecule has 0 atom stereocenters. The Hall–Kier alpha value is -5.09. The predicted molar refractivity (Wildman–Crippen MR) is 169 cm³/mol. The fraction of sp³-hybridized carbons (Fsp3) is 0.229. The fourth-order valence-corrected chi connectivity index (χ4v) is 5.22. The van der Waals surface area contributed by atoms with Gasteiger partial charge in [-0.05, 0) is 92.4 Å². The van der Waals surface area contributed by atoms with Gasteiger partial charge in [-0.15, -0.1) is 6.42 Å². The molecule has 7 heteroatoms. The van der Waals surface area contributed by atoms with Crippen LogP contribution in [0.25, 0.3) is 28.0 Å². The Labute approximate surface area is 246 Å². The zero-order valence-electron chi connectivity index (χ0n) is 24.8. The summed E-state index contributed by atoms with van der Waals surface area (Å²) in [5, 5.41) is 5.26. The third-order valence-electron chi connectivity index (χ3n) is 7.39. The normalized spacial score (nSPS) is 11.4. The van der Waals surface area contributed by atoms with Gasteiger partial charge in [0.25, 0.3) is 5.56 Å². The molecule has 0 radical (unpaired) electrons. The molecule has 212 valence electrons. The van der Waals surface area contributed by atoms with Crippen LogP contribution in [0.2, 0.25) is 0 Å². The fourth-order valence-electron chi connectivity index (χ4n) is 5.22. The number of hydrogen-bond acceptors (Lipinski definition) is 5. The van der Waals surface area contributed by atoms with Crippen molar-refractivity contribution in [1.82, 2.24) is 14.2 Å². The molecule has 7 nitrogen and oxygen atoms in total. The number of benzene rings is 3. The van der Waals surface area contributed by atoms with Crippen LogP contribution < -0.4 is 15.0 Å². The number of fused-ring (bicyclic) bond motifs is 1. The van der Waals surface area contributed by atoms with Crippen molar-refractivity contribution < 1.29 is 9.47 Å². The Balaban J connectivity index is 1.63. The van der Waals surface area contributed by atoms with Gasteiger partial charge in [-0.2, -0.15) is 9.78 Å². The lowest BCUT2D eigenvalue weighted by Gasteiger charge is -2.17. The minimum Gasteiger partial charge on any atom is -0.496 e. The summed E-state index contributed by atoms with van der Waals surface area (Å²) in [5.74, 6) is 4.70. The maximum atomic E-state index is 13.8. The van der Waals surface area contributed by atoms with Crippen LogP contribution in [0.3, 0.4) is 0 Å².